The van der Waals surface area contributed by atoms with E-state index in [4.69, 9.17) is 16.3 Å². The lowest BCUT2D eigenvalue weighted by atomic mass is 9.70. The first-order chi connectivity index (χ1) is 20.1. The molecule has 5 atom stereocenters. The van der Waals surface area contributed by atoms with Gasteiger partial charge in [0.25, 0.3) is 0 Å². The molecule has 1 heterocycles. The van der Waals surface area contributed by atoms with Crippen molar-refractivity contribution < 1.29 is 29.6 Å². The monoisotopic (exact) mass is 598 g/mol. The van der Waals surface area contributed by atoms with Crippen molar-refractivity contribution in [2.45, 2.75) is 64.1 Å². The van der Waals surface area contributed by atoms with Gasteiger partial charge in [-0.15, -0.1) is 0 Å². The molecule has 2 aliphatic rings. The largest absolute Gasteiger partial charge is 0.491 e. The standard InChI is InChI=1S/C33H43ClN2O6/c1-4-7-22-16-26(34)11-13-27(22)25-19-36(29-17-23(32(39)33(40)41)10-14-31(29)42-20-25)18-24-9-12-28(24)30(38)8-5-6-15-35(3)21(2)37/h5,8,10-11,13-14,16-17,24-25,28,30,32,38-39H,4,6-7,9,12,15,18-20H2,1-3H3,(H,40,41)/b8-5+. The van der Waals surface area contributed by atoms with Gasteiger partial charge in [-0.3, -0.25) is 4.79 Å². The lowest BCUT2D eigenvalue weighted by molar-refractivity contribution is -0.147. The maximum atomic E-state index is 11.6. The van der Waals surface area contributed by atoms with Gasteiger partial charge in [0, 0.05) is 44.5 Å². The van der Waals surface area contributed by atoms with Gasteiger partial charge in [0.15, 0.2) is 6.10 Å². The number of benzene rings is 2. The number of amides is 1. The molecule has 0 bridgehead atoms. The minimum atomic E-state index is -1.63. The molecular formula is C33H43ClN2O6. The number of anilines is 1. The molecule has 1 aliphatic heterocycles. The molecule has 5 unspecified atom stereocenters. The average Bonchev–Trinajstić information content (AvgIpc) is 3.12. The number of aliphatic hydroxyl groups excluding tert-OH is 2. The molecule has 0 aromatic heterocycles. The highest BCUT2D eigenvalue weighted by Gasteiger charge is 2.38. The van der Waals surface area contributed by atoms with Gasteiger partial charge in [0.2, 0.25) is 5.91 Å². The third-order valence-electron chi connectivity index (χ3n) is 8.69. The molecular weight excluding hydrogens is 556 g/mol. The van der Waals surface area contributed by atoms with Crippen molar-refractivity contribution in [2.24, 2.45) is 11.8 Å². The Hall–Kier alpha value is -3.07. The summed E-state index contributed by atoms with van der Waals surface area (Å²) < 4.78 is 6.32. The lowest BCUT2D eigenvalue weighted by Crippen LogP contribution is -2.44. The van der Waals surface area contributed by atoms with Crippen LogP contribution in [0.2, 0.25) is 5.02 Å². The van der Waals surface area contributed by atoms with Crippen LogP contribution >= 0.6 is 11.6 Å². The third kappa shape index (κ3) is 7.65. The number of rotatable bonds is 12. The summed E-state index contributed by atoms with van der Waals surface area (Å²) in [6.45, 7) is 6.05. The summed E-state index contributed by atoms with van der Waals surface area (Å²) in [5.74, 6) is -0.270. The second kappa shape index (κ2) is 14.4. The van der Waals surface area contributed by atoms with Crippen molar-refractivity contribution >= 4 is 29.2 Å². The van der Waals surface area contributed by atoms with Gasteiger partial charge in [-0.2, -0.15) is 0 Å². The summed E-state index contributed by atoms with van der Waals surface area (Å²) in [5.41, 5.74) is 3.44. The van der Waals surface area contributed by atoms with E-state index >= 15 is 0 Å². The van der Waals surface area contributed by atoms with Gasteiger partial charge < -0.3 is 29.9 Å². The van der Waals surface area contributed by atoms with Gasteiger partial charge in [-0.1, -0.05) is 49.2 Å². The smallest absolute Gasteiger partial charge is 0.337 e. The molecule has 42 heavy (non-hydrogen) atoms. The molecule has 1 saturated carbocycles. The van der Waals surface area contributed by atoms with Gasteiger partial charge in [-0.25, -0.2) is 4.79 Å². The minimum Gasteiger partial charge on any atom is -0.491 e. The van der Waals surface area contributed by atoms with Crippen molar-refractivity contribution in [2.75, 3.05) is 38.2 Å². The Morgan fingerprint density at radius 1 is 1.19 bits per heavy atom. The van der Waals surface area contributed by atoms with Gasteiger partial charge in [-0.05, 0) is 78.5 Å². The van der Waals surface area contributed by atoms with E-state index in [2.05, 4.69) is 17.9 Å². The minimum absolute atomic E-state index is 0.0162. The zero-order chi connectivity index (χ0) is 30.4. The zero-order valence-electron chi connectivity index (χ0n) is 24.7. The van der Waals surface area contributed by atoms with E-state index in [9.17, 15) is 24.9 Å². The normalized spacial score (nSPS) is 21.6. The van der Waals surface area contributed by atoms with E-state index in [1.54, 1.807) is 30.1 Å². The summed E-state index contributed by atoms with van der Waals surface area (Å²) in [6.07, 6.45) is 6.03. The number of carboxylic acids is 1. The van der Waals surface area contributed by atoms with Crippen molar-refractivity contribution in [1.29, 1.82) is 0 Å². The fourth-order valence-electron chi connectivity index (χ4n) is 6.00. The number of halogens is 1. The lowest BCUT2D eigenvalue weighted by Gasteiger charge is -2.42. The van der Waals surface area contributed by atoms with Crippen LogP contribution < -0.4 is 9.64 Å². The van der Waals surface area contributed by atoms with Gasteiger partial charge in [0.05, 0.1) is 18.4 Å². The van der Waals surface area contributed by atoms with Gasteiger partial charge >= 0.3 is 5.97 Å². The van der Waals surface area contributed by atoms with Crippen molar-refractivity contribution in [3.05, 3.63) is 70.3 Å². The molecule has 1 fully saturated rings. The molecule has 0 saturated heterocycles. The summed E-state index contributed by atoms with van der Waals surface area (Å²) in [7, 11) is 1.76. The first kappa shape index (κ1) is 31.9. The Bertz CT molecular complexity index is 1280. The summed E-state index contributed by atoms with van der Waals surface area (Å²) in [6, 6.07) is 11.1. The van der Waals surface area contributed by atoms with Crippen molar-refractivity contribution in [3.8, 4) is 5.75 Å². The van der Waals surface area contributed by atoms with E-state index in [-0.39, 0.29) is 23.7 Å². The predicted molar refractivity (Wildman–Crippen MR) is 164 cm³/mol. The highest BCUT2D eigenvalue weighted by molar-refractivity contribution is 6.30. The number of hydrogen-bond acceptors (Lipinski definition) is 6. The van der Waals surface area contributed by atoms with E-state index in [1.807, 2.05) is 24.3 Å². The Balaban J connectivity index is 1.57. The van der Waals surface area contributed by atoms with Crippen LogP contribution in [0.5, 0.6) is 5.75 Å². The maximum absolute atomic E-state index is 11.6. The second-order valence-corrected chi connectivity index (χ2v) is 12.1. The maximum Gasteiger partial charge on any atom is 0.337 e. The summed E-state index contributed by atoms with van der Waals surface area (Å²) >= 11 is 6.35. The molecule has 4 rings (SSSR count). The van der Waals surface area contributed by atoms with E-state index < -0.39 is 18.2 Å². The third-order valence-corrected chi connectivity index (χ3v) is 8.93. The van der Waals surface area contributed by atoms with Crippen LogP contribution in [0.15, 0.2) is 48.6 Å². The number of aryl methyl sites for hydroxylation is 1. The van der Waals surface area contributed by atoms with Crippen LogP contribution in [0, 0.1) is 11.8 Å². The quantitative estimate of drug-likeness (QED) is 0.288. The molecule has 0 radical (unpaired) electrons. The molecule has 1 amide bonds. The molecule has 2 aromatic carbocycles. The molecule has 8 nitrogen and oxygen atoms in total. The van der Waals surface area contributed by atoms with Crippen molar-refractivity contribution in [3.63, 3.8) is 0 Å². The Morgan fingerprint density at radius 3 is 2.64 bits per heavy atom. The molecule has 228 valence electrons. The number of hydrogen-bond donors (Lipinski definition) is 3. The first-order valence-electron chi connectivity index (χ1n) is 14.9. The number of nitrogens with zero attached hydrogens (tertiary/aromatic N) is 2. The number of carbonyl (C=O) groups is 2. The van der Waals surface area contributed by atoms with Gasteiger partial charge in [0.1, 0.15) is 5.75 Å². The van der Waals surface area contributed by atoms with Crippen LogP contribution in [0.1, 0.15) is 68.2 Å². The number of ether oxygens (including phenoxy) is 1. The highest BCUT2D eigenvalue weighted by Crippen LogP contribution is 2.43. The summed E-state index contributed by atoms with van der Waals surface area (Å²) in [4.78, 5) is 26.9. The number of aliphatic hydroxyl groups is 2. The molecule has 2 aromatic rings. The molecule has 3 N–H and O–H groups in total. The predicted octanol–water partition coefficient (Wildman–Crippen LogP) is 5.20. The Labute approximate surface area is 253 Å². The first-order valence-corrected chi connectivity index (χ1v) is 15.2. The fourth-order valence-corrected chi connectivity index (χ4v) is 6.20. The van der Waals surface area contributed by atoms with E-state index in [0.717, 1.165) is 31.4 Å². The zero-order valence-corrected chi connectivity index (χ0v) is 25.5. The number of carbonyl (C=O) groups excluding carboxylic acids is 1. The number of fused-ring (bicyclic) bond motifs is 1. The SMILES string of the molecule is CCCc1cc(Cl)ccc1C1COc2ccc(C(O)C(=O)O)cc2N(CC2CCC2C(O)/C=C/CCN(C)C(C)=O)C1. The van der Waals surface area contributed by atoms with E-state index in [0.29, 0.717) is 49.0 Å². The molecule has 1 aliphatic carbocycles. The van der Waals surface area contributed by atoms with Crippen LogP contribution in [-0.2, 0) is 16.0 Å². The van der Waals surface area contributed by atoms with Crippen molar-refractivity contribution in [1.82, 2.24) is 4.90 Å². The topological polar surface area (TPSA) is 111 Å². The Kier molecular flexibility index (Phi) is 10.9. The fraction of sp³-hybridized carbons (Fsp3) is 0.515. The van der Waals surface area contributed by atoms with Crippen LogP contribution in [0.4, 0.5) is 5.69 Å². The molecule has 0 spiro atoms. The summed E-state index contributed by atoms with van der Waals surface area (Å²) in [5, 5.41) is 31.4. The Morgan fingerprint density at radius 2 is 1.98 bits per heavy atom. The molecule has 9 heteroatoms. The number of aliphatic carboxylic acids is 1. The van der Waals surface area contributed by atoms with Crippen LogP contribution in [0.25, 0.3) is 0 Å². The number of carboxylic acid groups (broad SMARTS) is 1. The second-order valence-electron chi connectivity index (χ2n) is 11.6. The van der Waals surface area contributed by atoms with Crippen LogP contribution in [0.3, 0.4) is 0 Å². The highest BCUT2D eigenvalue weighted by atomic mass is 35.5. The van der Waals surface area contributed by atoms with Crippen LogP contribution in [-0.4, -0.2) is 71.5 Å². The average molecular weight is 599 g/mol. The van der Waals surface area contributed by atoms with E-state index in [1.165, 1.54) is 18.1 Å².